The summed E-state index contributed by atoms with van der Waals surface area (Å²) in [5.74, 6) is 2.13. The summed E-state index contributed by atoms with van der Waals surface area (Å²) < 4.78 is 0. The van der Waals surface area contributed by atoms with E-state index in [-0.39, 0.29) is 5.91 Å². The second kappa shape index (κ2) is 8.24. The molecule has 1 aliphatic rings. The molecule has 1 saturated heterocycles. The Morgan fingerprint density at radius 3 is 2.94 bits per heavy atom. The van der Waals surface area contributed by atoms with Gasteiger partial charge in [0.1, 0.15) is 0 Å². The third-order valence-corrected chi connectivity index (χ3v) is 3.62. The zero-order valence-electron chi connectivity index (χ0n) is 11.5. The van der Waals surface area contributed by atoms with Crippen LogP contribution in [0.15, 0.2) is 4.99 Å². The van der Waals surface area contributed by atoms with Crippen molar-refractivity contribution in [3.8, 4) is 0 Å². The molecule has 0 bridgehead atoms. The summed E-state index contributed by atoms with van der Waals surface area (Å²) in [5.41, 5.74) is 0. The fraction of sp³-hybridized carbons (Fsp3) is 0.833. The van der Waals surface area contributed by atoms with E-state index in [1.165, 1.54) is 0 Å². The number of nitrogens with one attached hydrogen (secondary N) is 2. The number of likely N-dealkylation sites (tertiary alicyclic amines) is 1. The van der Waals surface area contributed by atoms with Crippen molar-refractivity contribution in [2.75, 3.05) is 38.7 Å². The lowest BCUT2D eigenvalue weighted by molar-refractivity contribution is -0.129. The number of hydrogen-bond donors (Lipinski definition) is 2. The maximum Gasteiger partial charge on any atom is 0.222 e. The molecule has 6 heteroatoms. The maximum absolute atomic E-state index is 11.6. The Labute approximate surface area is 114 Å². The molecular formula is C12H24N4OS. The molecule has 5 nitrogen and oxygen atoms in total. The van der Waals surface area contributed by atoms with Crippen LogP contribution in [0.1, 0.15) is 19.8 Å². The number of thioether (sulfide) groups is 1. The first-order chi connectivity index (χ1) is 8.71. The van der Waals surface area contributed by atoms with Crippen LogP contribution in [-0.4, -0.2) is 61.5 Å². The fourth-order valence-electron chi connectivity index (χ4n) is 1.99. The Kier molecular flexibility index (Phi) is 6.93. The molecule has 2 N–H and O–H groups in total. The van der Waals surface area contributed by atoms with E-state index in [0.29, 0.717) is 12.5 Å². The van der Waals surface area contributed by atoms with Gasteiger partial charge in [-0.15, -0.1) is 0 Å². The lowest BCUT2D eigenvalue weighted by atomic mass is 10.3. The lowest BCUT2D eigenvalue weighted by Gasteiger charge is -2.18. The first kappa shape index (κ1) is 15.1. The molecule has 1 rings (SSSR count). The van der Waals surface area contributed by atoms with E-state index in [0.717, 1.165) is 37.8 Å². The topological polar surface area (TPSA) is 56.7 Å². The van der Waals surface area contributed by atoms with Crippen molar-refractivity contribution in [3.05, 3.63) is 0 Å². The van der Waals surface area contributed by atoms with Crippen LogP contribution in [0.25, 0.3) is 0 Å². The predicted octanol–water partition coefficient (Wildman–Crippen LogP) is 0.525. The number of guanidine groups is 1. The van der Waals surface area contributed by atoms with Crippen LogP contribution in [0, 0.1) is 0 Å². The fourth-order valence-corrected chi connectivity index (χ4v) is 2.29. The molecule has 0 aromatic carbocycles. The highest BCUT2D eigenvalue weighted by molar-refractivity contribution is 7.98. The molecule has 0 saturated carbocycles. The Bertz CT molecular complexity index is 296. The first-order valence-corrected chi connectivity index (χ1v) is 7.84. The number of carbonyl (C=O) groups is 1. The highest BCUT2D eigenvalue weighted by atomic mass is 32.2. The number of nitrogens with zero attached hydrogens (tertiary/aromatic N) is 2. The highest BCUT2D eigenvalue weighted by Crippen LogP contribution is 2.10. The van der Waals surface area contributed by atoms with Crippen LogP contribution in [-0.2, 0) is 4.79 Å². The standard InChI is InChI=1S/C12H24N4OS/c1-4-11(17)16-7-5-10(9-16)15-12(13-2)14-6-8-18-3/h10H,4-9H2,1-3H3,(H2,13,14,15). The Hall–Kier alpha value is -0.910. The van der Waals surface area contributed by atoms with Gasteiger partial charge in [-0.05, 0) is 12.7 Å². The summed E-state index contributed by atoms with van der Waals surface area (Å²) in [6.45, 7) is 4.46. The third-order valence-electron chi connectivity index (χ3n) is 3.01. The maximum atomic E-state index is 11.6. The number of amides is 1. The summed E-state index contributed by atoms with van der Waals surface area (Å²) in [6, 6.07) is 0.320. The van der Waals surface area contributed by atoms with Gasteiger partial charge >= 0.3 is 0 Å². The van der Waals surface area contributed by atoms with Gasteiger partial charge in [-0.25, -0.2) is 0 Å². The molecule has 1 unspecified atom stereocenters. The van der Waals surface area contributed by atoms with Crippen molar-refractivity contribution >= 4 is 23.6 Å². The summed E-state index contributed by atoms with van der Waals surface area (Å²) in [4.78, 5) is 17.7. The van der Waals surface area contributed by atoms with Crippen LogP contribution in [0.2, 0.25) is 0 Å². The van der Waals surface area contributed by atoms with Gasteiger partial charge in [0.15, 0.2) is 5.96 Å². The van der Waals surface area contributed by atoms with Crippen molar-refractivity contribution in [2.24, 2.45) is 4.99 Å². The second-order valence-electron chi connectivity index (χ2n) is 4.32. The van der Waals surface area contributed by atoms with Crippen LogP contribution >= 0.6 is 11.8 Å². The molecule has 18 heavy (non-hydrogen) atoms. The van der Waals surface area contributed by atoms with E-state index in [4.69, 9.17) is 0 Å². The highest BCUT2D eigenvalue weighted by Gasteiger charge is 2.25. The smallest absolute Gasteiger partial charge is 0.222 e. The predicted molar refractivity (Wildman–Crippen MR) is 78.2 cm³/mol. The summed E-state index contributed by atoms with van der Waals surface area (Å²) in [5, 5.41) is 6.64. The largest absolute Gasteiger partial charge is 0.356 e. The van der Waals surface area contributed by atoms with Gasteiger partial charge in [0.05, 0.1) is 0 Å². The van der Waals surface area contributed by atoms with Crippen LogP contribution in [0.5, 0.6) is 0 Å². The molecule has 0 spiro atoms. The van der Waals surface area contributed by atoms with Gasteiger partial charge in [0.2, 0.25) is 5.91 Å². The van der Waals surface area contributed by atoms with Crippen molar-refractivity contribution < 1.29 is 4.79 Å². The average molecular weight is 272 g/mol. The van der Waals surface area contributed by atoms with Gasteiger partial charge < -0.3 is 15.5 Å². The molecule has 0 aromatic heterocycles. The second-order valence-corrected chi connectivity index (χ2v) is 5.30. The Morgan fingerprint density at radius 1 is 1.56 bits per heavy atom. The van der Waals surface area contributed by atoms with Gasteiger partial charge in [0, 0.05) is 44.9 Å². The molecule has 1 heterocycles. The van der Waals surface area contributed by atoms with E-state index >= 15 is 0 Å². The number of aliphatic imine (C=N–C) groups is 1. The monoisotopic (exact) mass is 272 g/mol. The number of rotatable bonds is 5. The SMILES string of the molecule is CCC(=O)N1CCC(NC(=NC)NCCSC)C1. The van der Waals surface area contributed by atoms with Gasteiger partial charge in [-0.2, -0.15) is 11.8 Å². The van der Waals surface area contributed by atoms with Crippen LogP contribution in [0.3, 0.4) is 0 Å². The molecule has 1 amide bonds. The van der Waals surface area contributed by atoms with E-state index in [1.54, 1.807) is 18.8 Å². The molecular weight excluding hydrogens is 248 g/mol. The zero-order valence-corrected chi connectivity index (χ0v) is 12.3. The minimum Gasteiger partial charge on any atom is -0.356 e. The summed E-state index contributed by atoms with van der Waals surface area (Å²) in [6.07, 6.45) is 3.67. The molecule has 0 aromatic rings. The lowest BCUT2D eigenvalue weighted by Crippen LogP contribution is -2.45. The molecule has 104 valence electrons. The molecule has 1 fully saturated rings. The quantitative estimate of drug-likeness (QED) is 0.435. The van der Waals surface area contributed by atoms with E-state index in [2.05, 4.69) is 21.9 Å². The minimum atomic E-state index is 0.240. The van der Waals surface area contributed by atoms with E-state index in [9.17, 15) is 4.79 Å². The van der Waals surface area contributed by atoms with Crippen molar-refractivity contribution in [3.63, 3.8) is 0 Å². The first-order valence-electron chi connectivity index (χ1n) is 6.45. The number of hydrogen-bond acceptors (Lipinski definition) is 3. The number of carbonyl (C=O) groups excluding carboxylic acids is 1. The molecule has 0 radical (unpaired) electrons. The summed E-state index contributed by atoms with van der Waals surface area (Å²) >= 11 is 1.81. The van der Waals surface area contributed by atoms with E-state index < -0.39 is 0 Å². The van der Waals surface area contributed by atoms with Crippen molar-refractivity contribution in [2.45, 2.75) is 25.8 Å². The average Bonchev–Trinajstić information content (AvgIpc) is 2.85. The molecule has 0 aliphatic carbocycles. The van der Waals surface area contributed by atoms with Gasteiger partial charge in [-0.3, -0.25) is 9.79 Å². The van der Waals surface area contributed by atoms with Gasteiger partial charge in [-0.1, -0.05) is 6.92 Å². The minimum absolute atomic E-state index is 0.240. The van der Waals surface area contributed by atoms with Crippen LogP contribution in [0.4, 0.5) is 0 Å². The van der Waals surface area contributed by atoms with Crippen molar-refractivity contribution in [1.82, 2.24) is 15.5 Å². The zero-order chi connectivity index (χ0) is 13.4. The summed E-state index contributed by atoms with van der Waals surface area (Å²) in [7, 11) is 1.78. The van der Waals surface area contributed by atoms with Gasteiger partial charge in [0.25, 0.3) is 0 Å². The van der Waals surface area contributed by atoms with Crippen LogP contribution < -0.4 is 10.6 Å². The Morgan fingerprint density at radius 2 is 2.33 bits per heavy atom. The van der Waals surface area contributed by atoms with Crippen molar-refractivity contribution in [1.29, 1.82) is 0 Å². The normalized spacial score (nSPS) is 20.1. The third kappa shape index (κ3) is 4.76. The Balaban J connectivity index is 2.32. The molecule has 1 atom stereocenters. The van der Waals surface area contributed by atoms with E-state index in [1.807, 2.05) is 11.8 Å². The molecule has 1 aliphatic heterocycles.